The Hall–Kier alpha value is -2.06. The van der Waals surface area contributed by atoms with E-state index in [2.05, 4.69) is 15.2 Å². The van der Waals surface area contributed by atoms with Crippen molar-refractivity contribution in [3.8, 4) is 5.75 Å². The Morgan fingerprint density at radius 3 is 2.84 bits per heavy atom. The van der Waals surface area contributed by atoms with Crippen molar-refractivity contribution >= 4 is 22.4 Å². The second-order valence-corrected chi connectivity index (χ2v) is 6.75. The number of nitrogens with zero attached hydrogens (tertiary/aromatic N) is 2. The second-order valence-electron chi connectivity index (χ2n) is 5.89. The number of halogens is 2. The topological polar surface area (TPSA) is 54.5 Å². The Kier molecular flexibility index (Phi) is 5.93. The van der Waals surface area contributed by atoms with Gasteiger partial charge in [-0.25, -0.2) is 13.8 Å². The molecule has 134 valence electrons. The van der Waals surface area contributed by atoms with Gasteiger partial charge in [-0.3, -0.25) is 15.0 Å². The van der Waals surface area contributed by atoms with Gasteiger partial charge >= 0.3 is 0 Å². The largest absolute Gasteiger partial charge is 0.481 e. The van der Waals surface area contributed by atoms with Crippen LogP contribution in [0.25, 0.3) is 0 Å². The van der Waals surface area contributed by atoms with Crippen LogP contribution in [0.5, 0.6) is 5.75 Å². The number of piperidine rings is 1. The average Bonchev–Trinajstić information content (AvgIpc) is 3.02. The molecular formula is C17H19F2N3O2S. The first-order valence-corrected chi connectivity index (χ1v) is 9.02. The van der Waals surface area contributed by atoms with E-state index in [-0.39, 0.29) is 12.4 Å². The number of carbonyl (C=O) groups excluding carboxylic acids is 1. The van der Waals surface area contributed by atoms with Gasteiger partial charge in [0.2, 0.25) is 0 Å². The summed E-state index contributed by atoms with van der Waals surface area (Å²) in [6.45, 7) is 2.57. The highest BCUT2D eigenvalue weighted by molar-refractivity contribution is 7.13. The quantitative estimate of drug-likeness (QED) is 0.850. The first-order valence-electron chi connectivity index (χ1n) is 8.14. The van der Waals surface area contributed by atoms with Crippen LogP contribution in [0.3, 0.4) is 0 Å². The summed E-state index contributed by atoms with van der Waals surface area (Å²) in [5, 5.41) is 5.04. The molecule has 2 heterocycles. The standard InChI is InChI=1S/C17H19F2N3O2S/c18-12-4-5-15(14(19)8-12)24-10-16(23)21-17-20-13(11-25-17)9-22-6-2-1-3-7-22/h4-5,8,11H,1-3,6-7,9-10H2,(H,20,21,23). The Labute approximate surface area is 148 Å². The number of thiazole rings is 1. The molecule has 1 aliphatic rings. The van der Waals surface area contributed by atoms with Crippen molar-refractivity contribution in [2.75, 3.05) is 25.0 Å². The van der Waals surface area contributed by atoms with Gasteiger partial charge in [0.05, 0.1) is 5.69 Å². The number of rotatable bonds is 6. The summed E-state index contributed by atoms with van der Waals surface area (Å²) in [6, 6.07) is 2.93. The number of aromatic nitrogens is 1. The molecule has 0 radical (unpaired) electrons. The zero-order valence-corrected chi connectivity index (χ0v) is 14.5. The van der Waals surface area contributed by atoms with Crippen molar-refractivity contribution in [1.29, 1.82) is 0 Å². The third-order valence-electron chi connectivity index (χ3n) is 3.89. The molecule has 0 unspecified atom stereocenters. The smallest absolute Gasteiger partial charge is 0.264 e. The van der Waals surface area contributed by atoms with Gasteiger partial charge in [0.25, 0.3) is 5.91 Å². The molecule has 1 aromatic carbocycles. The van der Waals surface area contributed by atoms with E-state index < -0.39 is 17.5 Å². The van der Waals surface area contributed by atoms with Gasteiger partial charge in [-0.05, 0) is 38.1 Å². The monoisotopic (exact) mass is 367 g/mol. The van der Waals surface area contributed by atoms with Crippen molar-refractivity contribution in [3.63, 3.8) is 0 Å². The summed E-state index contributed by atoms with van der Waals surface area (Å²) in [7, 11) is 0. The number of anilines is 1. The minimum absolute atomic E-state index is 0.165. The van der Waals surface area contributed by atoms with E-state index in [1.165, 1.54) is 30.6 Å². The molecule has 0 bridgehead atoms. The van der Waals surface area contributed by atoms with Crippen LogP contribution in [0.1, 0.15) is 25.0 Å². The molecule has 2 aromatic rings. The number of carbonyl (C=O) groups is 1. The molecule has 1 aromatic heterocycles. The van der Waals surface area contributed by atoms with Crippen LogP contribution in [0.4, 0.5) is 13.9 Å². The fourth-order valence-electron chi connectivity index (χ4n) is 2.67. The molecule has 1 fully saturated rings. The zero-order chi connectivity index (χ0) is 17.6. The lowest BCUT2D eigenvalue weighted by Crippen LogP contribution is -2.29. The minimum Gasteiger partial charge on any atom is -0.481 e. The summed E-state index contributed by atoms with van der Waals surface area (Å²) in [4.78, 5) is 18.6. The summed E-state index contributed by atoms with van der Waals surface area (Å²) < 4.78 is 31.3. The van der Waals surface area contributed by atoms with Crippen LogP contribution in [0.15, 0.2) is 23.6 Å². The summed E-state index contributed by atoms with van der Waals surface area (Å²) >= 11 is 1.34. The van der Waals surface area contributed by atoms with Crippen LogP contribution in [-0.2, 0) is 11.3 Å². The third kappa shape index (κ3) is 5.20. The number of amides is 1. The number of hydrogen-bond donors (Lipinski definition) is 1. The maximum Gasteiger partial charge on any atom is 0.264 e. The van der Waals surface area contributed by atoms with E-state index in [0.29, 0.717) is 11.2 Å². The lowest BCUT2D eigenvalue weighted by Gasteiger charge is -2.25. The maximum atomic E-state index is 13.4. The number of likely N-dealkylation sites (tertiary alicyclic amines) is 1. The molecule has 0 saturated carbocycles. The fraction of sp³-hybridized carbons (Fsp3) is 0.412. The summed E-state index contributed by atoms with van der Waals surface area (Å²) in [5.41, 5.74) is 0.924. The molecular weight excluding hydrogens is 348 g/mol. The molecule has 8 heteroatoms. The van der Waals surface area contributed by atoms with Gasteiger partial charge in [-0.2, -0.15) is 0 Å². The molecule has 25 heavy (non-hydrogen) atoms. The molecule has 1 amide bonds. The van der Waals surface area contributed by atoms with Gasteiger partial charge in [0, 0.05) is 18.0 Å². The SMILES string of the molecule is O=C(COc1ccc(F)cc1F)Nc1nc(CN2CCCCC2)cs1. The van der Waals surface area contributed by atoms with Crippen molar-refractivity contribution in [1.82, 2.24) is 9.88 Å². The van der Waals surface area contributed by atoms with Crippen molar-refractivity contribution in [2.45, 2.75) is 25.8 Å². The van der Waals surface area contributed by atoms with E-state index in [1.54, 1.807) is 0 Å². The van der Waals surface area contributed by atoms with Gasteiger partial charge in [-0.1, -0.05) is 6.42 Å². The predicted molar refractivity (Wildman–Crippen MR) is 91.7 cm³/mol. The van der Waals surface area contributed by atoms with Crippen LogP contribution < -0.4 is 10.1 Å². The highest BCUT2D eigenvalue weighted by atomic mass is 32.1. The number of benzene rings is 1. The van der Waals surface area contributed by atoms with Crippen LogP contribution in [-0.4, -0.2) is 35.5 Å². The lowest BCUT2D eigenvalue weighted by molar-refractivity contribution is -0.118. The number of nitrogens with one attached hydrogen (secondary N) is 1. The Morgan fingerprint density at radius 1 is 1.28 bits per heavy atom. The zero-order valence-electron chi connectivity index (χ0n) is 13.6. The van der Waals surface area contributed by atoms with E-state index in [4.69, 9.17) is 4.74 Å². The van der Waals surface area contributed by atoms with Gasteiger partial charge in [0.1, 0.15) is 5.82 Å². The molecule has 5 nitrogen and oxygen atoms in total. The first kappa shape index (κ1) is 17.8. The van der Waals surface area contributed by atoms with Gasteiger partial charge in [0.15, 0.2) is 23.3 Å². The van der Waals surface area contributed by atoms with E-state index in [1.807, 2.05) is 5.38 Å². The predicted octanol–water partition coefficient (Wildman–Crippen LogP) is 3.42. The van der Waals surface area contributed by atoms with E-state index >= 15 is 0 Å². The van der Waals surface area contributed by atoms with Gasteiger partial charge in [-0.15, -0.1) is 11.3 Å². The highest BCUT2D eigenvalue weighted by Gasteiger charge is 2.14. The minimum atomic E-state index is -0.842. The summed E-state index contributed by atoms with van der Waals surface area (Å²) in [6.07, 6.45) is 3.71. The van der Waals surface area contributed by atoms with E-state index in [0.717, 1.165) is 37.5 Å². The lowest BCUT2D eigenvalue weighted by atomic mass is 10.1. The van der Waals surface area contributed by atoms with Crippen LogP contribution >= 0.6 is 11.3 Å². The fourth-order valence-corrected chi connectivity index (χ4v) is 3.39. The van der Waals surface area contributed by atoms with Crippen molar-refractivity contribution in [2.24, 2.45) is 0 Å². The number of hydrogen-bond acceptors (Lipinski definition) is 5. The Balaban J connectivity index is 1.47. The molecule has 0 atom stereocenters. The summed E-state index contributed by atoms with van der Waals surface area (Å²) in [5.74, 6) is -2.15. The van der Waals surface area contributed by atoms with Crippen LogP contribution in [0, 0.1) is 11.6 Å². The molecule has 0 aliphatic carbocycles. The Morgan fingerprint density at radius 2 is 2.08 bits per heavy atom. The molecule has 1 aliphatic heterocycles. The van der Waals surface area contributed by atoms with Crippen molar-refractivity contribution < 1.29 is 18.3 Å². The normalized spacial score (nSPS) is 15.1. The average molecular weight is 367 g/mol. The molecule has 0 spiro atoms. The second kappa shape index (κ2) is 8.35. The maximum absolute atomic E-state index is 13.4. The molecule has 3 rings (SSSR count). The highest BCUT2D eigenvalue weighted by Crippen LogP contribution is 2.20. The van der Waals surface area contributed by atoms with Crippen molar-refractivity contribution in [3.05, 3.63) is 40.9 Å². The first-order chi connectivity index (χ1) is 12.1. The van der Waals surface area contributed by atoms with Crippen LogP contribution in [0.2, 0.25) is 0 Å². The number of ether oxygens (including phenoxy) is 1. The Bertz CT molecular complexity index is 732. The molecule has 1 N–H and O–H groups in total. The van der Waals surface area contributed by atoms with E-state index in [9.17, 15) is 13.6 Å². The molecule has 1 saturated heterocycles. The van der Waals surface area contributed by atoms with Gasteiger partial charge < -0.3 is 4.74 Å². The third-order valence-corrected chi connectivity index (χ3v) is 4.69.